The predicted octanol–water partition coefficient (Wildman–Crippen LogP) is 2.81. The summed E-state index contributed by atoms with van der Waals surface area (Å²) in [6, 6.07) is 6.67. The summed E-state index contributed by atoms with van der Waals surface area (Å²) >= 11 is 0. The second-order valence-corrected chi connectivity index (χ2v) is 4.37. The zero-order valence-corrected chi connectivity index (χ0v) is 8.08. The lowest BCUT2D eigenvalue weighted by Crippen LogP contribution is -1.96. The molecule has 2 atom stereocenters. The van der Waals surface area contributed by atoms with Crippen LogP contribution in [0.5, 0.6) is 0 Å². The van der Waals surface area contributed by atoms with Gasteiger partial charge in [-0.2, -0.15) is 0 Å². The van der Waals surface area contributed by atoms with E-state index in [1.807, 2.05) is 0 Å². The van der Waals surface area contributed by atoms with E-state index in [2.05, 4.69) is 32.0 Å². The highest BCUT2D eigenvalue weighted by Gasteiger charge is 2.48. The van der Waals surface area contributed by atoms with Crippen LogP contribution in [0.3, 0.4) is 0 Å². The lowest BCUT2D eigenvalue weighted by molar-refractivity contribution is 0.359. The van der Waals surface area contributed by atoms with Gasteiger partial charge in [0, 0.05) is 6.42 Å². The minimum atomic E-state index is 0.452. The summed E-state index contributed by atoms with van der Waals surface area (Å²) in [5.41, 5.74) is 4.51. The number of hydrogen-bond donors (Lipinski definition) is 0. The molecule has 13 heavy (non-hydrogen) atoms. The summed E-state index contributed by atoms with van der Waals surface area (Å²) in [5.74, 6) is 0.623. The Kier molecular flexibility index (Phi) is 1.37. The van der Waals surface area contributed by atoms with Crippen LogP contribution in [0.1, 0.15) is 42.6 Å². The Morgan fingerprint density at radius 1 is 1.38 bits per heavy atom. The molecule has 1 aliphatic heterocycles. The van der Waals surface area contributed by atoms with Crippen LogP contribution in [0.4, 0.5) is 0 Å². The minimum absolute atomic E-state index is 0.452. The third-order valence-corrected chi connectivity index (χ3v) is 3.14. The van der Waals surface area contributed by atoms with Crippen LogP contribution in [0.2, 0.25) is 0 Å². The van der Waals surface area contributed by atoms with E-state index in [9.17, 15) is 0 Å². The molecule has 0 amide bonds. The first kappa shape index (κ1) is 7.57. The van der Waals surface area contributed by atoms with Crippen molar-refractivity contribution in [3.8, 4) is 0 Å². The van der Waals surface area contributed by atoms with Gasteiger partial charge in [0.2, 0.25) is 0 Å². The molecule has 1 heteroatoms. The van der Waals surface area contributed by atoms with Gasteiger partial charge in [-0.25, -0.2) is 0 Å². The molecule has 1 saturated heterocycles. The zero-order valence-electron chi connectivity index (χ0n) is 8.08. The average Bonchev–Trinajstić information content (AvgIpc) is 2.77. The SMILES string of the molecule is CC(C)c1cccc2c1C1OC1C2. The van der Waals surface area contributed by atoms with Gasteiger partial charge in [-0.3, -0.25) is 0 Å². The van der Waals surface area contributed by atoms with E-state index in [-0.39, 0.29) is 0 Å². The van der Waals surface area contributed by atoms with Gasteiger partial charge in [-0.1, -0.05) is 32.0 Å². The third-order valence-electron chi connectivity index (χ3n) is 3.14. The Balaban J connectivity index is 2.16. The van der Waals surface area contributed by atoms with Crippen LogP contribution in [0.25, 0.3) is 0 Å². The Bertz CT molecular complexity index is 354. The third kappa shape index (κ3) is 0.969. The molecule has 68 valence electrons. The fourth-order valence-corrected chi connectivity index (χ4v) is 2.43. The minimum Gasteiger partial charge on any atom is -0.364 e. The van der Waals surface area contributed by atoms with Crippen LogP contribution in [0, 0.1) is 0 Å². The number of fused-ring (bicyclic) bond motifs is 3. The van der Waals surface area contributed by atoms with Crippen molar-refractivity contribution in [3.63, 3.8) is 0 Å². The lowest BCUT2D eigenvalue weighted by Gasteiger charge is -2.12. The molecule has 1 heterocycles. The zero-order chi connectivity index (χ0) is 9.00. The van der Waals surface area contributed by atoms with E-state index < -0.39 is 0 Å². The maximum atomic E-state index is 5.57. The topological polar surface area (TPSA) is 12.5 Å². The van der Waals surface area contributed by atoms with Crippen LogP contribution >= 0.6 is 0 Å². The standard InChI is InChI=1S/C12H14O/c1-7(2)9-5-3-4-8-6-10-12(13-10)11(8)9/h3-5,7,10,12H,6H2,1-2H3. The van der Waals surface area contributed by atoms with Gasteiger partial charge in [0.15, 0.2) is 0 Å². The van der Waals surface area contributed by atoms with Gasteiger partial charge in [0.05, 0.1) is 6.10 Å². The monoisotopic (exact) mass is 174 g/mol. The Labute approximate surface area is 78.7 Å². The molecule has 1 fully saturated rings. The molecule has 3 rings (SSSR count). The average molecular weight is 174 g/mol. The van der Waals surface area contributed by atoms with Gasteiger partial charge in [0.1, 0.15) is 6.10 Å². The predicted molar refractivity (Wildman–Crippen MR) is 51.8 cm³/mol. The van der Waals surface area contributed by atoms with Gasteiger partial charge in [-0.15, -0.1) is 0 Å². The van der Waals surface area contributed by atoms with Gasteiger partial charge in [-0.05, 0) is 22.6 Å². The van der Waals surface area contributed by atoms with E-state index in [1.165, 1.54) is 16.7 Å². The van der Waals surface area contributed by atoms with Crippen molar-refractivity contribution in [3.05, 3.63) is 34.9 Å². The smallest absolute Gasteiger partial charge is 0.110 e. The van der Waals surface area contributed by atoms with Crippen molar-refractivity contribution < 1.29 is 4.74 Å². The number of epoxide rings is 1. The maximum absolute atomic E-state index is 5.57. The first-order valence-electron chi connectivity index (χ1n) is 5.04. The molecule has 0 radical (unpaired) electrons. The van der Waals surface area contributed by atoms with E-state index in [0.717, 1.165) is 6.42 Å². The molecule has 2 aliphatic rings. The van der Waals surface area contributed by atoms with Crippen molar-refractivity contribution >= 4 is 0 Å². The largest absolute Gasteiger partial charge is 0.364 e. The molecule has 2 unspecified atom stereocenters. The lowest BCUT2D eigenvalue weighted by atomic mass is 9.94. The van der Waals surface area contributed by atoms with Crippen LogP contribution in [-0.4, -0.2) is 6.10 Å². The molecule has 0 aromatic heterocycles. The highest BCUT2D eigenvalue weighted by molar-refractivity contribution is 5.46. The van der Waals surface area contributed by atoms with Gasteiger partial charge in [0.25, 0.3) is 0 Å². The Morgan fingerprint density at radius 2 is 2.23 bits per heavy atom. The quantitative estimate of drug-likeness (QED) is 0.596. The van der Waals surface area contributed by atoms with Gasteiger partial charge >= 0.3 is 0 Å². The molecule has 0 spiro atoms. The van der Waals surface area contributed by atoms with Crippen molar-refractivity contribution in [1.29, 1.82) is 0 Å². The molecule has 1 aromatic rings. The summed E-state index contributed by atoms with van der Waals surface area (Å²) < 4.78 is 5.57. The summed E-state index contributed by atoms with van der Waals surface area (Å²) in [6.45, 7) is 4.51. The van der Waals surface area contributed by atoms with Crippen LogP contribution in [0.15, 0.2) is 18.2 Å². The Morgan fingerprint density at radius 3 is 3.00 bits per heavy atom. The summed E-state index contributed by atoms with van der Waals surface area (Å²) in [4.78, 5) is 0. The number of rotatable bonds is 1. The molecule has 0 bridgehead atoms. The number of hydrogen-bond acceptors (Lipinski definition) is 1. The van der Waals surface area contributed by atoms with Crippen molar-refractivity contribution in [1.82, 2.24) is 0 Å². The van der Waals surface area contributed by atoms with Crippen molar-refractivity contribution in [2.75, 3.05) is 0 Å². The van der Waals surface area contributed by atoms with Crippen LogP contribution in [-0.2, 0) is 11.2 Å². The normalized spacial score (nSPS) is 28.8. The van der Waals surface area contributed by atoms with E-state index in [0.29, 0.717) is 18.1 Å². The number of ether oxygens (including phenoxy) is 1. The van der Waals surface area contributed by atoms with Crippen LogP contribution < -0.4 is 0 Å². The highest BCUT2D eigenvalue weighted by atomic mass is 16.6. The molecule has 1 aliphatic carbocycles. The Hall–Kier alpha value is -0.820. The maximum Gasteiger partial charge on any atom is 0.110 e. The van der Waals surface area contributed by atoms with E-state index >= 15 is 0 Å². The summed E-state index contributed by atoms with van der Waals surface area (Å²) in [6.07, 6.45) is 2.11. The van der Waals surface area contributed by atoms with Crippen molar-refractivity contribution in [2.45, 2.75) is 38.4 Å². The second-order valence-electron chi connectivity index (χ2n) is 4.37. The first-order valence-corrected chi connectivity index (χ1v) is 5.04. The fraction of sp³-hybridized carbons (Fsp3) is 0.500. The summed E-state index contributed by atoms with van der Waals surface area (Å²) in [7, 11) is 0. The molecule has 0 saturated carbocycles. The molecule has 1 nitrogen and oxygen atoms in total. The van der Waals surface area contributed by atoms with Crippen molar-refractivity contribution in [2.24, 2.45) is 0 Å². The molecular formula is C12H14O. The fourth-order valence-electron chi connectivity index (χ4n) is 2.43. The second kappa shape index (κ2) is 2.36. The van der Waals surface area contributed by atoms with Gasteiger partial charge < -0.3 is 4.74 Å². The number of benzene rings is 1. The first-order chi connectivity index (χ1) is 6.27. The molecular weight excluding hydrogens is 160 g/mol. The van der Waals surface area contributed by atoms with E-state index in [4.69, 9.17) is 4.74 Å². The van der Waals surface area contributed by atoms with E-state index in [1.54, 1.807) is 0 Å². The molecule has 0 N–H and O–H groups in total. The highest BCUT2D eigenvalue weighted by Crippen LogP contribution is 2.51. The molecule has 1 aromatic carbocycles. The summed E-state index contributed by atoms with van der Waals surface area (Å²) in [5, 5.41) is 0.